The summed E-state index contributed by atoms with van der Waals surface area (Å²) < 4.78 is 1.57. The highest BCUT2D eigenvalue weighted by atomic mass is 35.5. The summed E-state index contributed by atoms with van der Waals surface area (Å²) in [6.45, 7) is 6.26. The highest BCUT2D eigenvalue weighted by Gasteiger charge is 2.04. The van der Waals surface area contributed by atoms with Crippen molar-refractivity contribution < 1.29 is 0 Å². The van der Waals surface area contributed by atoms with E-state index in [1.54, 1.807) is 23.5 Å². The summed E-state index contributed by atoms with van der Waals surface area (Å²) in [7, 11) is 0. The van der Waals surface area contributed by atoms with Gasteiger partial charge in [0.1, 0.15) is 8.60 Å². The van der Waals surface area contributed by atoms with Crippen LogP contribution in [0.4, 0.5) is 0 Å². The zero-order chi connectivity index (χ0) is 20.6. The van der Waals surface area contributed by atoms with Crippen LogP contribution in [0, 0.1) is 20.8 Å². The summed E-state index contributed by atoms with van der Waals surface area (Å²) in [5.41, 5.74) is 10.1. The second-order valence-electron chi connectivity index (χ2n) is 6.56. The molecule has 0 radical (unpaired) electrons. The number of benzene rings is 3. The maximum Gasteiger partial charge on any atom is 0.129 e. The fourth-order valence-corrected chi connectivity index (χ4v) is 5.15. The first-order valence-corrected chi connectivity index (χ1v) is 12.0. The summed E-state index contributed by atoms with van der Waals surface area (Å²) in [5.74, 6) is 0. The lowest BCUT2D eigenvalue weighted by Crippen LogP contribution is -1.77. The average Bonchev–Trinajstić information content (AvgIpc) is 2.71. The minimum absolute atomic E-state index is 0.570. The maximum absolute atomic E-state index is 6.42. The predicted molar refractivity (Wildman–Crippen MR) is 131 cm³/mol. The van der Waals surface area contributed by atoms with Crippen LogP contribution in [0.2, 0.25) is 0 Å². The molecule has 3 aromatic rings. The molecule has 0 heterocycles. The molecule has 0 amide bonds. The molecule has 0 nitrogen and oxygen atoms in total. The molecule has 0 aromatic heterocycles. The molecule has 0 aliphatic heterocycles. The Morgan fingerprint density at radius 1 is 0.552 bits per heavy atom. The molecule has 0 spiro atoms. The van der Waals surface area contributed by atoms with Crippen LogP contribution in [0.1, 0.15) is 16.7 Å². The number of halogens is 1. The van der Waals surface area contributed by atoms with Gasteiger partial charge in [0.05, 0.1) is 0 Å². The van der Waals surface area contributed by atoms with Crippen molar-refractivity contribution in [3.05, 3.63) is 110 Å². The van der Waals surface area contributed by atoms with Gasteiger partial charge in [-0.25, -0.2) is 0 Å². The summed E-state index contributed by atoms with van der Waals surface area (Å²) in [6.07, 6.45) is 0. The van der Waals surface area contributed by atoms with E-state index in [4.69, 9.17) is 11.6 Å². The molecule has 29 heavy (non-hydrogen) atoms. The number of thioether (sulfide) groups is 3. The second kappa shape index (κ2) is 10.9. The van der Waals surface area contributed by atoms with Crippen molar-refractivity contribution in [1.29, 1.82) is 0 Å². The molecule has 0 saturated heterocycles. The fraction of sp³-hybridized carbons (Fsp3) is 0.120. The van der Waals surface area contributed by atoms with Gasteiger partial charge in [0.15, 0.2) is 0 Å². The standard InChI is InChI=1S/C25H21ClS3/c1-18-4-10-21(11-5-18)27-24(26)16-17-25(28-22-12-6-19(2)7-13-22)29-23-14-8-20(3)9-15-23/h4-15H,1-3H3. The summed E-state index contributed by atoms with van der Waals surface area (Å²) >= 11 is 11.3. The zero-order valence-electron chi connectivity index (χ0n) is 16.5. The van der Waals surface area contributed by atoms with E-state index in [1.807, 2.05) is 0 Å². The van der Waals surface area contributed by atoms with Crippen molar-refractivity contribution in [1.82, 2.24) is 0 Å². The Morgan fingerprint density at radius 3 is 1.28 bits per heavy atom. The SMILES string of the molecule is Cc1ccc(SC(Cl)=C=C=C(Sc2ccc(C)cc2)Sc2ccc(C)cc2)cc1. The van der Waals surface area contributed by atoms with Gasteiger partial charge in [0, 0.05) is 14.7 Å². The first kappa shape index (κ1) is 22.0. The van der Waals surface area contributed by atoms with Crippen molar-refractivity contribution in [2.45, 2.75) is 35.5 Å². The van der Waals surface area contributed by atoms with E-state index in [1.165, 1.54) is 38.2 Å². The molecular weight excluding hydrogens is 432 g/mol. The van der Waals surface area contributed by atoms with Gasteiger partial charge in [-0.3, -0.25) is 0 Å². The lowest BCUT2D eigenvalue weighted by atomic mass is 10.2. The van der Waals surface area contributed by atoms with Crippen molar-refractivity contribution in [3.63, 3.8) is 0 Å². The largest absolute Gasteiger partial charge is 0.129 e. The highest BCUT2D eigenvalue weighted by Crippen LogP contribution is 2.39. The van der Waals surface area contributed by atoms with Crippen molar-refractivity contribution >= 4 is 46.9 Å². The molecule has 4 heteroatoms. The maximum atomic E-state index is 6.42. The second-order valence-corrected chi connectivity index (χ2v) is 10.7. The highest BCUT2D eigenvalue weighted by molar-refractivity contribution is 8.22. The molecule has 3 rings (SSSR count). The van der Waals surface area contributed by atoms with Gasteiger partial charge in [-0.2, -0.15) is 0 Å². The third-order valence-electron chi connectivity index (χ3n) is 3.95. The third-order valence-corrected chi connectivity index (χ3v) is 7.16. The van der Waals surface area contributed by atoms with E-state index < -0.39 is 0 Å². The van der Waals surface area contributed by atoms with E-state index in [2.05, 4.69) is 105 Å². The van der Waals surface area contributed by atoms with Crippen LogP contribution < -0.4 is 0 Å². The number of hydrogen-bond acceptors (Lipinski definition) is 3. The lowest BCUT2D eigenvalue weighted by molar-refractivity contribution is 1.38. The van der Waals surface area contributed by atoms with Crippen LogP contribution in [0.5, 0.6) is 0 Å². The van der Waals surface area contributed by atoms with Crippen LogP contribution >= 0.6 is 46.9 Å². The van der Waals surface area contributed by atoms with E-state index in [0.29, 0.717) is 4.36 Å². The topological polar surface area (TPSA) is 0 Å². The predicted octanol–water partition coefficient (Wildman–Crippen LogP) is 8.96. The van der Waals surface area contributed by atoms with E-state index in [9.17, 15) is 0 Å². The van der Waals surface area contributed by atoms with Gasteiger partial charge in [-0.05, 0) is 68.6 Å². The van der Waals surface area contributed by atoms with Crippen molar-refractivity contribution in [2.24, 2.45) is 0 Å². The van der Waals surface area contributed by atoms with Crippen LogP contribution in [0.25, 0.3) is 0 Å². The molecule has 0 aliphatic carbocycles. The number of aryl methyl sites for hydroxylation is 3. The van der Waals surface area contributed by atoms with Crippen LogP contribution in [0.15, 0.2) is 108 Å². The van der Waals surface area contributed by atoms with E-state index >= 15 is 0 Å². The van der Waals surface area contributed by atoms with Crippen LogP contribution in [0.3, 0.4) is 0 Å². The first-order valence-electron chi connectivity index (χ1n) is 9.13. The van der Waals surface area contributed by atoms with Gasteiger partial charge >= 0.3 is 0 Å². The number of rotatable bonds is 6. The van der Waals surface area contributed by atoms with Crippen LogP contribution in [-0.2, 0) is 0 Å². The Bertz CT molecular complexity index is 1000. The average molecular weight is 453 g/mol. The Kier molecular flexibility index (Phi) is 8.27. The van der Waals surface area contributed by atoms with Gasteiger partial charge in [-0.1, -0.05) is 100.0 Å². The molecule has 146 valence electrons. The summed E-state index contributed by atoms with van der Waals surface area (Å²) in [5, 5.41) is 0. The Balaban J connectivity index is 1.88. The molecule has 0 atom stereocenters. The molecular formula is C25H21ClS3. The quantitative estimate of drug-likeness (QED) is 0.270. The Labute approximate surface area is 191 Å². The Hall–Kier alpha value is -1.70. The normalized spacial score (nSPS) is 10.2. The molecule has 0 bridgehead atoms. The monoisotopic (exact) mass is 452 g/mol. The minimum atomic E-state index is 0.570. The van der Waals surface area contributed by atoms with Crippen molar-refractivity contribution in [2.75, 3.05) is 0 Å². The minimum Gasteiger partial charge on any atom is -0.0737 e. The molecule has 0 N–H and O–H groups in total. The van der Waals surface area contributed by atoms with Gasteiger partial charge < -0.3 is 0 Å². The van der Waals surface area contributed by atoms with Gasteiger partial charge in [0.25, 0.3) is 0 Å². The van der Waals surface area contributed by atoms with Crippen molar-refractivity contribution in [3.8, 4) is 0 Å². The molecule has 3 aromatic carbocycles. The molecule has 0 fully saturated rings. The fourth-order valence-electron chi connectivity index (χ4n) is 2.33. The number of hydrogen-bond donors (Lipinski definition) is 0. The zero-order valence-corrected chi connectivity index (χ0v) is 19.7. The van der Waals surface area contributed by atoms with Crippen LogP contribution in [-0.4, -0.2) is 0 Å². The van der Waals surface area contributed by atoms with Gasteiger partial charge in [0.2, 0.25) is 0 Å². The third kappa shape index (κ3) is 7.57. The van der Waals surface area contributed by atoms with E-state index in [-0.39, 0.29) is 0 Å². The first-order chi connectivity index (χ1) is 14.0. The summed E-state index contributed by atoms with van der Waals surface area (Å²) in [6, 6.07) is 25.3. The molecule has 0 unspecified atom stereocenters. The molecule has 0 saturated carbocycles. The van der Waals surface area contributed by atoms with Gasteiger partial charge in [-0.15, -0.1) is 0 Å². The lowest BCUT2D eigenvalue weighted by Gasteiger charge is -2.05. The smallest absolute Gasteiger partial charge is 0.0737 e. The molecule has 0 aliphatic rings. The van der Waals surface area contributed by atoms with E-state index in [0.717, 1.165) is 9.13 Å². The Morgan fingerprint density at radius 2 is 0.897 bits per heavy atom. The summed E-state index contributed by atoms with van der Waals surface area (Å²) in [4.78, 5) is 3.43.